The van der Waals surface area contributed by atoms with E-state index in [0.29, 0.717) is 18.2 Å². The van der Waals surface area contributed by atoms with Gasteiger partial charge in [0.15, 0.2) is 5.82 Å². The average Bonchev–Trinajstić information content (AvgIpc) is 3.20. The number of aliphatic imine (C=N–C) groups is 1. The van der Waals surface area contributed by atoms with Gasteiger partial charge in [0, 0.05) is 35.8 Å². The van der Waals surface area contributed by atoms with E-state index in [-0.39, 0.29) is 11.5 Å². The number of hydrogen-bond acceptors (Lipinski definition) is 3. The van der Waals surface area contributed by atoms with Crippen molar-refractivity contribution >= 4 is 17.3 Å². The molecule has 0 atom stereocenters. The van der Waals surface area contributed by atoms with Crippen LogP contribution in [0, 0.1) is 20.8 Å². The summed E-state index contributed by atoms with van der Waals surface area (Å²) >= 11 is 0. The summed E-state index contributed by atoms with van der Waals surface area (Å²) in [5, 5.41) is 12.5. The molecule has 0 radical (unpaired) electrons. The van der Waals surface area contributed by atoms with Crippen molar-refractivity contribution in [1.29, 1.82) is 0 Å². The fourth-order valence-corrected chi connectivity index (χ4v) is 4.55. The molecule has 1 aliphatic rings. The highest BCUT2D eigenvalue weighted by molar-refractivity contribution is 5.96. The summed E-state index contributed by atoms with van der Waals surface area (Å²) in [7, 11) is 0. The van der Waals surface area contributed by atoms with Crippen molar-refractivity contribution in [3.63, 3.8) is 0 Å². The van der Waals surface area contributed by atoms with Gasteiger partial charge in [0.2, 0.25) is 0 Å². The highest BCUT2D eigenvalue weighted by Crippen LogP contribution is 2.36. The van der Waals surface area contributed by atoms with Gasteiger partial charge in [-0.3, -0.25) is 5.10 Å². The molecule has 1 aromatic heterocycles. The number of aromatic nitrogens is 2. The maximum atomic E-state index is 13.8. The number of amidine groups is 1. The fraction of sp³-hybridized carbons (Fsp3) is 0.481. The third-order valence-corrected chi connectivity index (χ3v) is 6.39. The van der Waals surface area contributed by atoms with Gasteiger partial charge >= 0.3 is 6.18 Å². The number of allylic oxidation sites excluding steroid dienone is 1. The quantitative estimate of drug-likeness (QED) is 0.200. The molecule has 1 aliphatic carbocycles. The lowest BCUT2D eigenvalue weighted by molar-refractivity contribution is -0.0893. The van der Waals surface area contributed by atoms with Crippen molar-refractivity contribution < 1.29 is 13.2 Å². The molecular formula is C27H36F3N5. The molecule has 3 N–H and O–H groups in total. The van der Waals surface area contributed by atoms with Gasteiger partial charge in [-0.05, 0) is 68.7 Å². The van der Waals surface area contributed by atoms with Gasteiger partial charge in [0.25, 0.3) is 0 Å². The van der Waals surface area contributed by atoms with Crippen molar-refractivity contribution in [2.45, 2.75) is 84.7 Å². The number of aromatic amines is 1. The van der Waals surface area contributed by atoms with Crippen LogP contribution >= 0.6 is 0 Å². The van der Waals surface area contributed by atoms with Gasteiger partial charge < -0.3 is 10.6 Å². The average molecular weight is 488 g/mol. The number of H-pyrrole nitrogens is 1. The Kier molecular flexibility index (Phi) is 8.81. The van der Waals surface area contributed by atoms with Gasteiger partial charge in [-0.15, -0.1) is 0 Å². The SMILES string of the molecule is C=C(Nc1cc(C)[nH]n1)/C(=C\N=C(CCC)Nc1cc(C)c(C2CCCCC2)cc1C)C(F)(F)F. The smallest absolute Gasteiger partial charge is 0.344 e. The third-order valence-electron chi connectivity index (χ3n) is 6.39. The summed E-state index contributed by atoms with van der Waals surface area (Å²) in [4.78, 5) is 4.22. The van der Waals surface area contributed by atoms with Crippen molar-refractivity contribution in [3.05, 3.63) is 64.6 Å². The Morgan fingerprint density at radius 2 is 1.83 bits per heavy atom. The molecule has 0 amide bonds. The Bertz CT molecular complexity index is 1090. The van der Waals surface area contributed by atoms with E-state index in [1.165, 1.54) is 43.2 Å². The maximum Gasteiger partial charge on any atom is 0.419 e. The van der Waals surface area contributed by atoms with Crippen molar-refractivity contribution in [2.24, 2.45) is 4.99 Å². The van der Waals surface area contributed by atoms with E-state index in [1.807, 2.05) is 13.8 Å². The van der Waals surface area contributed by atoms with Gasteiger partial charge in [0.05, 0.1) is 5.57 Å². The Hall–Kier alpha value is -3.03. The molecule has 8 heteroatoms. The van der Waals surface area contributed by atoms with Gasteiger partial charge in [-0.25, -0.2) is 4.99 Å². The molecule has 0 unspecified atom stereocenters. The summed E-state index contributed by atoms with van der Waals surface area (Å²) in [6, 6.07) is 5.93. The highest BCUT2D eigenvalue weighted by atomic mass is 19.4. The Morgan fingerprint density at radius 3 is 2.43 bits per heavy atom. The minimum absolute atomic E-state index is 0.266. The largest absolute Gasteiger partial charge is 0.419 e. The molecule has 0 spiro atoms. The van der Waals surface area contributed by atoms with E-state index >= 15 is 0 Å². The standard InChI is InChI=1S/C27H36F3N5/c1-6-10-25(31-16-23(27(28,29)30)20(5)32-26-15-19(4)34-35-26)33-24-14-17(2)22(13-18(24)3)21-11-8-7-9-12-21/h13-16,21H,5-12H2,1-4H3,(H,31,33)(H2,32,34,35)/b23-16+. The van der Waals surface area contributed by atoms with Gasteiger partial charge in [-0.2, -0.15) is 18.3 Å². The molecule has 2 aromatic rings. The number of hydrogen-bond donors (Lipinski definition) is 3. The molecule has 0 saturated heterocycles. The van der Waals surface area contributed by atoms with Crippen molar-refractivity contribution in [2.75, 3.05) is 10.6 Å². The Morgan fingerprint density at radius 1 is 1.11 bits per heavy atom. The number of aryl methyl sites for hydroxylation is 3. The van der Waals surface area contributed by atoms with Crippen LogP contribution in [0.2, 0.25) is 0 Å². The van der Waals surface area contributed by atoms with E-state index in [2.05, 4.69) is 51.5 Å². The lowest BCUT2D eigenvalue weighted by Gasteiger charge is -2.25. The van der Waals surface area contributed by atoms with Crippen LogP contribution < -0.4 is 10.6 Å². The number of rotatable bonds is 8. The molecule has 3 rings (SSSR count). The number of alkyl halides is 3. The topological polar surface area (TPSA) is 65.1 Å². The summed E-state index contributed by atoms with van der Waals surface area (Å²) in [5.41, 5.74) is 4.00. The second-order valence-corrected chi connectivity index (χ2v) is 9.39. The first-order chi connectivity index (χ1) is 16.6. The summed E-state index contributed by atoms with van der Waals surface area (Å²) in [6.07, 6.45) is 3.76. The number of nitrogens with zero attached hydrogens (tertiary/aromatic N) is 2. The molecule has 190 valence electrons. The fourth-order valence-electron chi connectivity index (χ4n) is 4.55. The Balaban J connectivity index is 1.85. The number of anilines is 2. The van der Waals surface area contributed by atoms with Crippen LogP contribution in [0.3, 0.4) is 0 Å². The van der Waals surface area contributed by atoms with Crippen LogP contribution in [0.1, 0.15) is 80.2 Å². The molecule has 35 heavy (non-hydrogen) atoms. The second-order valence-electron chi connectivity index (χ2n) is 9.39. The first-order valence-electron chi connectivity index (χ1n) is 12.3. The van der Waals surface area contributed by atoms with Gasteiger partial charge in [0.1, 0.15) is 5.84 Å². The molecular weight excluding hydrogens is 451 g/mol. The number of halogens is 3. The predicted octanol–water partition coefficient (Wildman–Crippen LogP) is 8.07. The van der Waals surface area contributed by atoms with E-state index in [4.69, 9.17) is 0 Å². The van der Waals surface area contributed by atoms with E-state index in [0.717, 1.165) is 29.6 Å². The molecule has 1 fully saturated rings. The molecule has 0 aliphatic heterocycles. The normalized spacial score (nSPS) is 15.9. The predicted molar refractivity (Wildman–Crippen MR) is 138 cm³/mol. The molecule has 1 saturated carbocycles. The molecule has 1 aromatic carbocycles. The highest BCUT2D eigenvalue weighted by Gasteiger charge is 2.36. The molecule has 1 heterocycles. The van der Waals surface area contributed by atoms with Crippen LogP contribution in [-0.4, -0.2) is 22.2 Å². The summed E-state index contributed by atoms with van der Waals surface area (Å²) in [6.45, 7) is 11.4. The van der Waals surface area contributed by atoms with Crippen LogP contribution in [-0.2, 0) is 0 Å². The first kappa shape index (κ1) is 26.6. The van der Waals surface area contributed by atoms with Crippen LogP contribution in [0.25, 0.3) is 0 Å². The number of nitrogens with one attached hydrogen (secondary N) is 3. The minimum atomic E-state index is -4.62. The zero-order chi connectivity index (χ0) is 25.6. The van der Waals surface area contributed by atoms with E-state index in [9.17, 15) is 13.2 Å². The zero-order valence-corrected chi connectivity index (χ0v) is 21.1. The third kappa shape index (κ3) is 7.23. The van der Waals surface area contributed by atoms with Crippen LogP contribution in [0.4, 0.5) is 24.7 Å². The van der Waals surface area contributed by atoms with E-state index in [1.54, 1.807) is 13.0 Å². The van der Waals surface area contributed by atoms with Crippen molar-refractivity contribution in [1.82, 2.24) is 10.2 Å². The summed E-state index contributed by atoms with van der Waals surface area (Å²) in [5.74, 6) is 1.34. The second kappa shape index (κ2) is 11.6. The lowest BCUT2D eigenvalue weighted by Crippen LogP contribution is -2.18. The lowest BCUT2D eigenvalue weighted by atomic mass is 9.81. The molecule has 5 nitrogen and oxygen atoms in total. The van der Waals surface area contributed by atoms with Crippen LogP contribution in [0.15, 0.2) is 47.2 Å². The first-order valence-corrected chi connectivity index (χ1v) is 12.3. The monoisotopic (exact) mass is 487 g/mol. The summed E-state index contributed by atoms with van der Waals surface area (Å²) < 4.78 is 41.4. The Labute approximate surface area is 206 Å². The van der Waals surface area contributed by atoms with E-state index < -0.39 is 11.7 Å². The van der Waals surface area contributed by atoms with Crippen molar-refractivity contribution in [3.8, 4) is 0 Å². The van der Waals surface area contributed by atoms with Crippen LogP contribution in [0.5, 0.6) is 0 Å². The molecule has 0 bridgehead atoms. The van der Waals surface area contributed by atoms with Gasteiger partial charge in [-0.1, -0.05) is 38.8 Å². The zero-order valence-electron chi connectivity index (χ0n) is 21.1. The number of benzene rings is 1. The maximum absolute atomic E-state index is 13.8. The minimum Gasteiger partial charge on any atom is -0.344 e.